The Bertz CT molecular complexity index is 1160. The number of nitrogens with zero attached hydrogens (tertiary/aromatic N) is 2. The number of nitro groups is 1. The molecule has 0 aliphatic heterocycles. The maximum absolute atomic E-state index is 12.4. The number of aryl methyl sites for hydroxylation is 1. The Kier molecular flexibility index (Phi) is 6.76. The number of hydrogen-bond donors (Lipinski definition) is 1. The summed E-state index contributed by atoms with van der Waals surface area (Å²) in [6.45, 7) is 2.14. The molecule has 31 heavy (non-hydrogen) atoms. The van der Waals surface area contributed by atoms with Crippen LogP contribution in [0.15, 0.2) is 78.4 Å². The molecular formula is C24H19N3O4. The van der Waals surface area contributed by atoms with Gasteiger partial charge in [0.05, 0.1) is 4.92 Å². The van der Waals surface area contributed by atoms with Gasteiger partial charge in [-0.25, -0.2) is 0 Å². The highest BCUT2D eigenvalue weighted by Gasteiger charge is 2.11. The van der Waals surface area contributed by atoms with Gasteiger partial charge in [0.2, 0.25) is 0 Å². The molecule has 3 rings (SSSR count). The number of rotatable bonds is 7. The molecule has 0 aliphatic carbocycles. The molecule has 154 valence electrons. The number of amides is 1. The number of carbonyl (C=O) groups excluding carboxylic acids is 1. The number of hydrogen-bond acceptors (Lipinski definition) is 5. The predicted octanol–water partition coefficient (Wildman–Crippen LogP) is 5.03. The summed E-state index contributed by atoms with van der Waals surface area (Å²) in [5, 5.41) is 22.8. The summed E-state index contributed by atoms with van der Waals surface area (Å²) in [7, 11) is 0. The fourth-order valence-corrected chi connectivity index (χ4v) is 2.76. The van der Waals surface area contributed by atoms with E-state index in [2.05, 4.69) is 5.32 Å². The lowest BCUT2D eigenvalue weighted by Crippen LogP contribution is -2.14. The summed E-state index contributed by atoms with van der Waals surface area (Å²) >= 11 is 0. The summed E-state index contributed by atoms with van der Waals surface area (Å²) in [6, 6.07) is 22.3. The molecule has 0 fully saturated rings. The van der Waals surface area contributed by atoms with Crippen LogP contribution in [0, 0.1) is 28.4 Å². The minimum Gasteiger partial charge on any atom is -0.489 e. The van der Waals surface area contributed by atoms with Gasteiger partial charge < -0.3 is 10.1 Å². The van der Waals surface area contributed by atoms with Crippen molar-refractivity contribution in [2.75, 3.05) is 5.32 Å². The van der Waals surface area contributed by atoms with Gasteiger partial charge in [-0.2, -0.15) is 5.26 Å². The maximum atomic E-state index is 12.4. The minimum absolute atomic E-state index is 0.0113. The first-order chi connectivity index (χ1) is 15.0. The average Bonchev–Trinajstić information content (AvgIpc) is 2.78. The molecule has 1 amide bonds. The molecule has 0 radical (unpaired) electrons. The lowest BCUT2D eigenvalue weighted by Gasteiger charge is -2.08. The van der Waals surface area contributed by atoms with Crippen LogP contribution in [0.25, 0.3) is 6.08 Å². The zero-order valence-corrected chi connectivity index (χ0v) is 16.7. The normalized spacial score (nSPS) is 10.8. The number of anilines is 1. The van der Waals surface area contributed by atoms with E-state index in [4.69, 9.17) is 4.74 Å². The summed E-state index contributed by atoms with van der Waals surface area (Å²) in [5.41, 5.74) is 3.06. The van der Waals surface area contributed by atoms with Gasteiger partial charge in [-0.1, -0.05) is 30.3 Å². The van der Waals surface area contributed by atoms with Crippen LogP contribution in [0.4, 0.5) is 11.4 Å². The van der Waals surface area contributed by atoms with Crippen LogP contribution in [-0.2, 0) is 11.4 Å². The highest BCUT2D eigenvalue weighted by Crippen LogP contribution is 2.19. The third-order valence-electron chi connectivity index (χ3n) is 4.50. The van der Waals surface area contributed by atoms with Gasteiger partial charge >= 0.3 is 0 Å². The van der Waals surface area contributed by atoms with Gasteiger partial charge in [0.15, 0.2) is 0 Å². The first-order valence-electron chi connectivity index (χ1n) is 9.41. The van der Waals surface area contributed by atoms with Crippen molar-refractivity contribution in [3.63, 3.8) is 0 Å². The second kappa shape index (κ2) is 9.85. The molecule has 7 nitrogen and oxygen atoms in total. The number of carbonyl (C=O) groups is 1. The molecule has 0 aromatic heterocycles. The van der Waals surface area contributed by atoms with E-state index in [1.165, 1.54) is 18.2 Å². The van der Waals surface area contributed by atoms with Gasteiger partial charge in [-0.05, 0) is 60.0 Å². The number of nitro benzene ring substituents is 1. The Morgan fingerprint density at radius 3 is 2.39 bits per heavy atom. The molecule has 3 aromatic rings. The van der Waals surface area contributed by atoms with Crippen molar-refractivity contribution in [3.8, 4) is 11.8 Å². The standard InChI is InChI=1S/C24H19N3O4/c1-17-4-2-3-5-23(17)26-24(28)20(15-25)14-18-8-12-22(13-9-18)31-16-19-6-10-21(11-7-19)27(29)30/h2-14H,16H2,1H3,(H,26,28)/b20-14-. The fourth-order valence-electron chi connectivity index (χ4n) is 2.76. The molecule has 0 spiro atoms. The summed E-state index contributed by atoms with van der Waals surface area (Å²) in [5.74, 6) is 0.119. The van der Waals surface area contributed by atoms with E-state index in [-0.39, 0.29) is 17.9 Å². The lowest BCUT2D eigenvalue weighted by atomic mass is 10.1. The van der Waals surface area contributed by atoms with E-state index in [0.717, 1.165) is 11.1 Å². The molecule has 1 N–H and O–H groups in total. The van der Waals surface area contributed by atoms with E-state index in [1.54, 1.807) is 42.5 Å². The van der Waals surface area contributed by atoms with E-state index < -0.39 is 10.8 Å². The molecular weight excluding hydrogens is 394 g/mol. The molecule has 7 heteroatoms. The first-order valence-corrected chi connectivity index (χ1v) is 9.41. The van der Waals surface area contributed by atoms with Gasteiger partial charge in [-0.15, -0.1) is 0 Å². The molecule has 0 unspecified atom stereocenters. The van der Waals surface area contributed by atoms with Crippen LogP contribution < -0.4 is 10.1 Å². The van der Waals surface area contributed by atoms with Crippen LogP contribution >= 0.6 is 0 Å². The number of non-ortho nitro benzene ring substituents is 1. The zero-order chi connectivity index (χ0) is 22.2. The van der Waals surface area contributed by atoms with Crippen LogP contribution in [0.2, 0.25) is 0 Å². The third kappa shape index (κ3) is 5.78. The number of ether oxygens (including phenoxy) is 1. The van der Waals surface area contributed by atoms with Crippen molar-refractivity contribution in [1.82, 2.24) is 0 Å². The van der Waals surface area contributed by atoms with Crippen LogP contribution in [0.5, 0.6) is 5.75 Å². The Morgan fingerprint density at radius 2 is 1.77 bits per heavy atom. The summed E-state index contributed by atoms with van der Waals surface area (Å²) in [6.07, 6.45) is 1.51. The van der Waals surface area contributed by atoms with Crippen LogP contribution in [-0.4, -0.2) is 10.8 Å². The van der Waals surface area contributed by atoms with E-state index in [1.807, 2.05) is 31.2 Å². The third-order valence-corrected chi connectivity index (χ3v) is 4.50. The summed E-state index contributed by atoms with van der Waals surface area (Å²) < 4.78 is 5.68. The number of nitriles is 1. The van der Waals surface area contributed by atoms with Crippen molar-refractivity contribution in [1.29, 1.82) is 5.26 Å². The zero-order valence-electron chi connectivity index (χ0n) is 16.7. The lowest BCUT2D eigenvalue weighted by molar-refractivity contribution is -0.384. The second-order valence-corrected chi connectivity index (χ2v) is 6.72. The van der Waals surface area contributed by atoms with Gasteiger partial charge in [0.1, 0.15) is 24.0 Å². The molecule has 0 atom stereocenters. The number of nitrogens with one attached hydrogen (secondary N) is 1. The molecule has 0 bridgehead atoms. The fraction of sp³-hybridized carbons (Fsp3) is 0.0833. The molecule has 3 aromatic carbocycles. The predicted molar refractivity (Wildman–Crippen MR) is 117 cm³/mol. The number of benzene rings is 3. The highest BCUT2D eigenvalue weighted by atomic mass is 16.6. The van der Waals surface area contributed by atoms with E-state index >= 15 is 0 Å². The van der Waals surface area contributed by atoms with Gasteiger partial charge in [0.25, 0.3) is 11.6 Å². The smallest absolute Gasteiger partial charge is 0.269 e. The van der Waals surface area contributed by atoms with Gasteiger partial charge in [-0.3, -0.25) is 14.9 Å². The minimum atomic E-state index is -0.477. The Balaban J connectivity index is 1.63. The van der Waals surface area contributed by atoms with E-state index in [0.29, 0.717) is 17.0 Å². The first kappa shape index (κ1) is 21.3. The van der Waals surface area contributed by atoms with Crippen molar-refractivity contribution in [2.45, 2.75) is 13.5 Å². The van der Waals surface area contributed by atoms with Crippen molar-refractivity contribution in [2.24, 2.45) is 0 Å². The van der Waals surface area contributed by atoms with Crippen molar-refractivity contribution >= 4 is 23.4 Å². The molecule has 0 aliphatic rings. The topological polar surface area (TPSA) is 105 Å². The van der Waals surface area contributed by atoms with Crippen LogP contribution in [0.1, 0.15) is 16.7 Å². The van der Waals surface area contributed by atoms with Gasteiger partial charge in [0, 0.05) is 17.8 Å². The van der Waals surface area contributed by atoms with Crippen LogP contribution in [0.3, 0.4) is 0 Å². The maximum Gasteiger partial charge on any atom is 0.269 e. The van der Waals surface area contributed by atoms with Crippen molar-refractivity contribution < 1.29 is 14.5 Å². The summed E-state index contributed by atoms with van der Waals surface area (Å²) in [4.78, 5) is 22.7. The Morgan fingerprint density at radius 1 is 1.10 bits per heavy atom. The quantitative estimate of drug-likeness (QED) is 0.253. The molecule has 0 saturated carbocycles. The van der Waals surface area contributed by atoms with E-state index in [9.17, 15) is 20.2 Å². The second-order valence-electron chi connectivity index (χ2n) is 6.72. The monoisotopic (exact) mass is 413 g/mol. The average molecular weight is 413 g/mol. The highest BCUT2D eigenvalue weighted by molar-refractivity contribution is 6.09. The Labute approximate surface area is 179 Å². The molecule has 0 heterocycles. The number of para-hydroxylation sites is 1. The molecule has 0 saturated heterocycles. The van der Waals surface area contributed by atoms with Crippen molar-refractivity contribution in [3.05, 3.63) is 105 Å². The largest absolute Gasteiger partial charge is 0.489 e. The Hall–Kier alpha value is -4.44. The SMILES string of the molecule is Cc1ccccc1NC(=O)/C(C#N)=C\c1ccc(OCc2ccc([N+](=O)[O-])cc2)cc1.